The van der Waals surface area contributed by atoms with Gasteiger partial charge in [0, 0.05) is 25.6 Å². The zero-order chi connectivity index (χ0) is 17.8. The third-order valence-electron chi connectivity index (χ3n) is 4.06. The summed E-state index contributed by atoms with van der Waals surface area (Å²) in [5.41, 5.74) is 1.73. The van der Waals surface area contributed by atoms with Crippen LogP contribution < -0.4 is 10.1 Å². The lowest BCUT2D eigenvalue weighted by Gasteiger charge is -2.23. The Balaban J connectivity index is 1.72. The Hall–Kier alpha value is -1.62. The van der Waals surface area contributed by atoms with Crippen LogP contribution in [0.15, 0.2) is 12.1 Å². The molecule has 0 aromatic carbocycles. The fourth-order valence-electron chi connectivity index (χ4n) is 2.82. The van der Waals surface area contributed by atoms with Crippen LogP contribution in [0, 0.1) is 3.70 Å². The number of fused-ring (bicyclic) bond motifs is 1. The number of hydrogen-bond acceptors (Lipinski definition) is 5. The molecule has 0 bridgehead atoms. The number of ether oxygens (including phenoxy) is 2. The minimum atomic E-state index is -1.03. The highest BCUT2D eigenvalue weighted by molar-refractivity contribution is 14.1. The lowest BCUT2D eigenvalue weighted by atomic mass is 10.2. The first-order valence-electron chi connectivity index (χ1n) is 8.34. The Morgan fingerprint density at radius 2 is 2.40 bits per heavy atom. The molecule has 2 aromatic heterocycles. The van der Waals surface area contributed by atoms with Crippen molar-refractivity contribution >= 4 is 39.7 Å². The molecule has 2 atom stereocenters. The van der Waals surface area contributed by atoms with E-state index in [0.29, 0.717) is 18.8 Å². The lowest BCUT2D eigenvalue weighted by Crippen LogP contribution is -2.26. The largest absolute Gasteiger partial charge is 0.475 e. The van der Waals surface area contributed by atoms with Gasteiger partial charge in [0.05, 0.1) is 11.6 Å². The van der Waals surface area contributed by atoms with Gasteiger partial charge in [-0.25, -0.2) is 14.5 Å². The van der Waals surface area contributed by atoms with Gasteiger partial charge in [-0.2, -0.15) is 5.10 Å². The predicted molar refractivity (Wildman–Crippen MR) is 99.8 cm³/mol. The molecule has 0 radical (unpaired) electrons. The van der Waals surface area contributed by atoms with E-state index in [4.69, 9.17) is 14.6 Å². The van der Waals surface area contributed by atoms with Crippen LogP contribution in [0.3, 0.4) is 0 Å². The van der Waals surface area contributed by atoms with E-state index in [-0.39, 0.29) is 12.3 Å². The summed E-state index contributed by atoms with van der Waals surface area (Å²) < 4.78 is 14.3. The topological polar surface area (TPSA) is 98.5 Å². The number of amides is 1. The summed E-state index contributed by atoms with van der Waals surface area (Å²) in [5.74, 6) is 0.511. The van der Waals surface area contributed by atoms with E-state index >= 15 is 0 Å². The maximum absolute atomic E-state index is 10.5. The minimum Gasteiger partial charge on any atom is -0.475 e. The minimum absolute atomic E-state index is 0.0330. The number of aromatic nitrogens is 3. The quantitative estimate of drug-likeness (QED) is 0.643. The summed E-state index contributed by atoms with van der Waals surface area (Å²) in [6.45, 7) is 2.99. The SMILES string of the molecule is CC(CCNC(=O)O)Oc1ccc2c(n1)c(I)nn2C1CCCCO1. The van der Waals surface area contributed by atoms with Gasteiger partial charge in [0.15, 0.2) is 6.23 Å². The highest BCUT2D eigenvalue weighted by Gasteiger charge is 2.21. The maximum Gasteiger partial charge on any atom is 0.404 e. The molecule has 136 valence electrons. The summed E-state index contributed by atoms with van der Waals surface area (Å²) in [7, 11) is 0. The highest BCUT2D eigenvalue weighted by atomic mass is 127. The van der Waals surface area contributed by atoms with Gasteiger partial charge in [-0.3, -0.25) is 0 Å². The van der Waals surface area contributed by atoms with Crippen LogP contribution in [-0.2, 0) is 4.74 Å². The van der Waals surface area contributed by atoms with E-state index in [9.17, 15) is 4.79 Å². The molecule has 1 saturated heterocycles. The number of hydrogen-bond donors (Lipinski definition) is 2. The highest BCUT2D eigenvalue weighted by Crippen LogP contribution is 2.29. The Morgan fingerprint density at radius 1 is 1.56 bits per heavy atom. The Bertz CT molecular complexity index is 745. The Kier molecular flexibility index (Phi) is 5.94. The zero-order valence-electron chi connectivity index (χ0n) is 13.9. The molecular weight excluding hydrogens is 439 g/mol. The molecule has 1 aliphatic rings. The first kappa shape index (κ1) is 18.2. The smallest absolute Gasteiger partial charge is 0.404 e. The van der Waals surface area contributed by atoms with Gasteiger partial charge in [0.2, 0.25) is 5.88 Å². The zero-order valence-corrected chi connectivity index (χ0v) is 16.1. The molecule has 0 spiro atoms. The molecule has 1 fully saturated rings. The third kappa shape index (κ3) is 4.51. The number of nitrogens with zero attached hydrogens (tertiary/aromatic N) is 3. The van der Waals surface area contributed by atoms with Crippen molar-refractivity contribution in [2.45, 2.75) is 44.9 Å². The second kappa shape index (κ2) is 8.17. The van der Waals surface area contributed by atoms with Crippen LogP contribution >= 0.6 is 22.6 Å². The summed E-state index contributed by atoms with van der Waals surface area (Å²) in [5, 5.41) is 15.5. The third-order valence-corrected chi connectivity index (χ3v) is 4.79. The van der Waals surface area contributed by atoms with Gasteiger partial charge in [-0.15, -0.1) is 0 Å². The lowest BCUT2D eigenvalue weighted by molar-refractivity contribution is -0.0368. The molecule has 2 N–H and O–H groups in total. The number of pyridine rings is 1. The molecule has 9 heteroatoms. The monoisotopic (exact) mass is 460 g/mol. The fraction of sp³-hybridized carbons (Fsp3) is 0.562. The van der Waals surface area contributed by atoms with Crippen molar-refractivity contribution in [3.8, 4) is 5.88 Å². The fourth-order valence-corrected chi connectivity index (χ4v) is 3.44. The van der Waals surface area contributed by atoms with Gasteiger partial charge >= 0.3 is 6.09 Å². The van der Waals surface area contributed by atoms with Crippen LogP contribution in [0.2, 0.25) is 0 Å². The molecule has 0 saturated carbocycles. The molecule has 25 heavy (non-hydrogen) atoms. The van der Waals surface area contributed by atoms with Gasteiger partial charge in [0.25, 0.3) is 0 Å². The van der Waals surface area contributed by atoms with E-state index in [1.54, 1.807) is 0 Å². The summed E-state index contributed by atoms with van der Waals surface area (Å²) in [4.78, 5) is 15.0. The van der Waals surface area contributed by atoms with Crippen molar-refractivity contribution in [1.29, 1.82) is 0 Å². The van der Waals surface area contributed by atoms with Crippen molar-refractivity contribution in [3.05, 3.63) is 15.8 Å². The second-order valence-electron chi connectivity index (χ2n) is 6.02. The van der Waals surface area contributed by atoms with Crippen molar-refractivity contribution in [2.24, 2.45) is 0 Å². The molecule has 1 aliphatic heterocycles. The van der Waals surface area contributed by atoms with Crippen LogP contribution in [0.5, 0.6) is 5.88 Å². The molecule has 3 heterocycles. The molecule has 2 aromatic rings. The molecular formula is C16H21IN4O4. The van der Waals surface area contributed by atoms with Gasteiger partial charge < -0.3 is 19.9 Å². The molecule has 1 amide bonds. The van der Waals surface area contributed by atoms with Gasteiger partial charge in [-0.1, -0.05) is 0 Å². The van der Waals surface area contributed by atoms with Crippen molar-refractivity contribution < 1.29 is 19.4 Å². The molecule has 3 rings (SSSR count). The number of halogens is 1. The summed E-state index contributed by atoms with van der Waals surface area (Å²) in [6, 6.07) is 3.77. The first-order valence-corrected chi connectivity index (χ1v) is 9.42. The van der Waals surface area contributed by atoms with Gasteiger partial charge in [0.1, 0.15) is 9.22 Å². The Morgan fingerprint density at radius 3 is 3.12 bits per heavy atom. The standard InChI is InChI=1S/C16H21IN4O4/c1-10(7-8-18-16(22)23)25-12-6-5-11-14(19-12)15(17)20-21(11)13-4-2-3-9-24-13/h5-6,10,13,18H,2-4,7-9H2,1H3,(H,22,23). The first-order chi connectivity index (χ1) is 12.0. The van der Waals surface area contributed by atoms with E-state index in [1.165, 1.54) is 0 Å². The van der Waals surface area contributed by atoms with Crippen molar-refractivity contribution in [2.75, 3.05) is 13.2 Å². The average molecular weight is 460 g/mol. The maximum atomic E-state index is 10.5. The van der Waals surface area contributed by atoms with Crippen LogP contribution in [0.1, 0.15) is 38.8 Å². The average Bonchev–Trinajstić information content (AvgIpc) is 2.92. The number of nitrogens with one attached hydrogen (secondary N) is 1. The Labute approximate surface area is 159 Å². The van der Waals surface area contributed by atoms with E-state index < -0.39 is 6.09 Å². The molecule has 2 unspecified atom stereocenters. The van der Waals surface area contributed by atoms with Crippen LogP contribution in [0.25, 0.3) is 11.0 Å². The normalized spacial score (nSPS) is 18.9. The second-order valence-corrected chi connectivity index (χ2v) is 7.04. The summed E-state index contributed by atoms with van der Waals surface area (Å²) >= 11 is 2.17. The van der Waals surface area contributed by atoms with Crippen LogP contribution in [0.4, 0.5) is 4.79 Å². The number of rotatable bonds is 6. The summed E-state index contributed by atoms with van der Waals surface area (Å²) in [6.07, 6.45) is 2.55. The molecule has 0 aliphatic carbocycles. The van der Waals surface area contributed by atoms with Crippen molar-refractivity contribution in [1.82, 2.24) is 20.1 Å². The number of carbonyl (C=O) groups is 1. The number of carboxylic acid groups (broad SMARTS) is 1. The van der Waals surface area contributed by atoms with Gasteiger partial charge in [-0.05, 0) is 54.8 Å². The van der Waals surface area contributed by atoms with Crippen molar-refractivity contribution in [3.63, 3.8) is 0 Å². The van der Waals surface area contributed by atoms with E-state index in [1.807, 2.05) is 23.7 Å². The van der Waals surface area contributed by atoms with E-state index in [0.717, 1.165) is 40.6 Å². The predicted octanol–water partition coefficient (Wildman–Crippen LogP) is 3.16. The molecule has 8 nitrogen and oxygen atoms in total. The van der Waals surface area contributed by atoms with E-state index in [2.05, 4.69) is 38.0 Å². The van der Waals surface area contributed by atoms with Crippen LogP contribution in [-0.4, -0.2) is 45.2 Å².